The van der Waals surface area contributed by atoms with Gasteiger partial charge in [-0.2, -0.15) is 0 Å². The lowest BCUT2D eigenvalue weighted by molar-refractivity contribution is -0.149. The van der Waals surface area contributed by atoms with E-state index in [0.717, 1.165) is 18.4 Å². The Morgan fingerprint density at radius 1 is 1.32 bits per heavy atom. The summed E-state index contributed by atoms with van der Waals surface area (Å²) in [5.74, 6) is -1.33. The Kier molecular flexibility index (Phi) is 3.88. The Bertz CT molecular complexity index is 466. The van der Waals surface area contributed by atoms with Gasteiger partial charge in [0.05, 0.1) is 0 Å². The number of carboxylic acids is 1. The molecule has 1 aliphatic carbocycles. The number of aliphatic carboxylic acids is 1. The summed E-state index contributed by atoms with van der Waals surface area (Å²) in [4.78, 5) is 23.1. The highest BCUT2D eigenvalue weighted by Gasteiger charge is 2.57. The second-order valence-electron chi connectivity index (χ2n) is 5.16. The second-order valence-corrected chi connectivity index (χ2v) is 5.16. The fourth-order valence-electron chi connectivity index (χ4n) is 2.18. The number of carbonyl (C=O) groups excluding carboxylic acids is 1. The molecule has 0 heterocycles. The van der Waals surface area contributed by atoms with Crippen molar-refractivity contribution in [3.8, 4) is 0 Å². The van der Waals surface area contributed by atoms with Crippen molar-refractivity contribution >= 4 is 11.9 Å². The molecule has 0 spiro atoms. The summed E-state index contributed by atoms with van der Waals surface area (Å²) in [6, 6.07) is 9.89. The lowest BCUT2D eigenvalue weighted by atomic mass is 10.0. The largest absolute Gasteiger partial charge is 0.480 e. The van der Waals surface area contributed by atoms with Gasteiger partial charge in [0.25, 0.3) is 0 Å². The quantitative estimate of drug-likeness (QED) is 0.770. The third-order valence-electron chi connectivity index (χ3n) is 3.75. The number of carboxylic acid groups (broad SMARTS) is 1. The second kappa shape index (κ2) is 5.43. The normalized spacial score (nSPS) is 17.5. The Morgan fingerprint density at radius 2 is 1.95 bits per heavy atom. The first-order chi connectivity index (χ1) is 9.08. The van der Waals surface area contributed by atoms with Crippen molar-refractivity contribution in [2.45, 2.75) is 38.6 Å². The molecule has 102 valence electrons. The minimum atomic E-state index is -1.15. The number of hydrogen-bond acceptors (Lipinski definition) is 2. The van der Waals surface area contributed by atoms with Crippen LogP contribution in [0.3, 0.4) is 0 Å². The van der Waals surface area contributed by atoms with Crippen molar-refractivity contribution in [3.63, 3.8) is 0 Å². The molecule has 0 bridgehead atoms. The monoisotopic (exact) mass is 261 g/mol. The highest BCUT2D eigenvalue weighted by Crippen LogP contribution is 2.46. The third-order valence-corrected chi connectivity index (χ3v) is 3.75. The van der Waals surface area contributed by atoms with E-state index in [0.29, 0.717) is 12.8 Å². The third kappa shape index (κ3) is 2.95. The molecule has 0 aliphatic heterocycles. The molecule has 1 aromatic carbocycles. The van der Waals surface area contributed by atoms with E-state index in [-0.39, 0.29) is 11.9 Å². The van der Waals surface area contributed by atoms with Crippen LogP contribution in [0.15, 0.2) is 30.3 Å². The first-order valence-corrected chi connectivity index (χ1v) is 6.67. The summed E-state index contributed by atoms with van der Waals surface area (Å²) in [6.45, 7) is 1.99. The average Bonchev–Trinajstić information content (AvgIpc) is 3.20. The van der Waals surface area contributed by atoms with E-state index in [9.17, 15) is 9.59 Å². The van der Waals surface area contributed by atoms with Gasteiger partial charge < -0.3 is 10.4 Å². The molecule has 1 atom stereocenters. The van der Waals surface area contributed by atoms with Crippen LogP contribution in [0.4, 0.5) is 0 Å². The Balaban J connectivity index is 1.96. The molecular formula is C15H19NO3. The molecule has 2 N–H and O–H groups in total. The predicted octanol–water partition coefficient (Wildman–Crippen LogP) is 1.99. The number of hydrogen-bond donors (Lipinski definition) is 2. The lowest BCUT2D eigenvalue weighted by Crippen LogP contribution is -2.43. The van der Waals surface area contributed by atoms with E-state index in [1.807, 2.05) is 37.3 Å². The van der Waals surface area contributed by atoms with Gasteiger partial charge in [-0.1, -0.05) is 37.3 Å². The molecule has 2 rings (SSSR count). The number of benzene rings is 1. The smallest absolute Gasteiger partial charge is 0.319 e. The molecule has 0 aromatic heterocycles. The summed E-state index contributed by atoms with van der Waals surface area (Å²) < 4.78 is 0. The van der Waals surface area contributed by atoms with Gasteiger partial charge in [0.1, 0.15) is 5.41 Å². The standard InChI is InChI=1S/C15H19NO3/c1-2-12(10-11-6-4-3-5-7-11)16-13(17)15(8-9-15)14(18)19/h3-7,12H,2,8-10H2,1H3,(H,16,17)(H,18,19). The minimum absolute atomic E-state index is 0.00766. The predicted molar refractivity (Wildman–Crippen MR) is 71.7 cm³/mol. The van der Waals surface area contributed by atoms with Crippen LogP contribution in [-0.4, -0.2) is 23.0 Å². The summed E-state index contributed by atoms with van der Waals surface area (Å²) in [5.41, 5.74) is -0.000719. The maximum Gasteiger partial charge on any atom is 0.319 e. The molecule has 19 heavy (non-hydrogen) atoms. The first-order valence-electron chi connectivity index (χ1n) is 6.67. The number of amides is 1. The Hall–Kier alpha value is -1.84. The summed E-state index contributed by atoms with van der Waals surface area (Å²) in [5, 5.41) is 12.0. The summed E-state index contributed by atoms with van der Waals surface area (Å²) in [6.07, 6.45) is 2.43. The van der Waals surface area contributed by atoms with Crippen LogP contribution in [0.5, 0.6) is 0 Å². The highest BCUT2D eigenvalue weighted by molar-refractivity contribution is 6.04. The van der Waals surface area contributed by atoms with Crippen molar-refractivity contribution in [2.75, 3.05) is 0 Å². The van der Waals surface area contributed by atoms with Crippen molar-refractivity contribution in [2.24, 2.45) is 5.41 Å². The van der Waals surface area contributed by atoms with Crippen LogP contribution in [-0.2, 0) is 16.0 Å². The minimum Gasteiger partial charge on any atom is -0.480 e. The van der Waals surface area contributed by atoms with Crippen molar-refractivity contribution in [3.05, 3.63) is 35.9 Å². The molecule has 4 nitrogen and oxygen atoms in total. The van der Waals surface area contributed by atoms with Gasteiger partial charge in [-0.05, 0) is 31.2 Å². The van der Waals surface area contributed by atoms with Crippen LogP contribution >= 0.6 is 0 Å². The molecule has 4 heteroatoms. The van der Waals surface area contributed by atoms with E-state index in [1.54, 1.807) is 0 Å². The maximum atomic E-state index is 12.0. The number of carbonyl (C=O) groups is 2. The van der Waals surface area contributed by atoms with Gasteiger partial charge in [-0.15, -0.1) is 0 Å². The topological polar surface area (TPSA) is 66.4 Å². The van der Waals surface area contributed by atoms with Gasteiger partial charge in [0.15, 0.2) is 0 Å². The highest BCUT2D eigenvalue weighted by atomic mass is 16.4. The molecule has 1 unspecified atom stereocenters. The van der Waals surface area contributed by atoms with E-state index >= 15 is 0 Å². The van der Waals surface area contributed by atoms with Crippen LogP contribution < -0.4 is 5.32 Å². The van der Waals surface area contributed by atoms with E-state index in [2.05, 4.69) is 5.32 Å². The van der Waals surface area contributed by atoms with E-state index < -0.39 is 11.4 Å². The molecule has 1 saturated carbocycles. The molecule has 0 radical (unpaired) electrons. The van der Waals surface area contributed by atoms with E-state index in [4.69, 9.17) is 5.11 Å². The SMILES string of the molecule is CCC(Cc1ccccc1)NC(=O)C1(C(=O)O)CC1. The van der Waals surface area contributed by atoms with Crippen LogP contribution in [0, 0.1) is 5.41 Å². The van der Waals surface area contributed by atoms with Crippen LogP contribution in [0.25, 0.3) is 0 Å². The number of nitrogens with one attached hydrogen (secondary N) is 1. The zero-order chi connectivity index (χ0) is 13.9. The lowest BCUT2D eigenvalue weighted by Gasteiger charge is -2.19. The maximum absolute atomic E-state index is 12.0. The first kappa shape index (κ1) is 13.6. The Morgan fingerprint density at radius 3 is 2.42 bits per heavy atom. The van der Waals surface area contributed by atoms with Crippen molar-refractivity contribution in [1.29, 1.82) is 0 Å². The van der Waals surface area contributed by atoms with Crippen LogP contribution in [0.1, 0.15) is 31.7 Å². The van der Waals surface area contributed by atoms with Gasteiger partial charge in [-0.25, -0.2) is 0 Å². The number of rotatable bonds is 6. The van der Waals surface area contributed by atoms with Crippen molar-refractivity contribution < 1.29 is 14.7 Å². The Labute approximate surface area is 112 Å². The molecule has 1 amide bonds. The fraction of sp³-hybridized carbons (Fsp3) is 0.467. The van der Waals surface area contributed by atoms with Gasteiger partial charge in [0.2, 0.25) is 5.91 Å². The van der Waals surface area contributed by atoms with Gasteiger partial charge >= 0.3 is 5.97 Å². The molecule has 1 fully saturated rings. The summed E-state index contributed by atoms with van der Waals surface area (Å²) >= 11 is 0. The van der Waals surface area contributed by atoms with Gasteiger partial charge in [0, 0.05) is 6.04 Å². The zero-order valence-electron chi connectivity index (χ0n) is 11.1. The van der Waals surface area contributed by atoms with E-state index in [1.165, 1.54) is 0 Å². The van der Waals surface area contributed by atoms with Gasteiger partial charge in [-0.3, -0.25) is 9.59 Å². The fourth-order valence-corrected chi connectivity index (χ4v) is 2.18. The molecule has 0 saturated heterocycles. The zero-order valence-corrected chi connectivity index (χ0v) is 11.1. The molecule has 1 aliphatic rings. The summed E-state index contributed by atoms with van der Waals surface area (Å²) in [7, 11) is 0. The van der Waals surface area contributed by atoms with Crippen molar-refractivity contribution in [1.82, 2.24) is 5.32 Å². The van der Waals surface area contributed by atoms with Crippen LogP contribution in [0.2, 0.25) is 0 Å². The molecular weight excluding hydrogens is 242 g/mol. The molecule has 1 aromatic rings. The average molecular weight is 261 g/mol.